The van der Waals surface area contributed by atoms with Crippen molar-refractivity contribution in [2.75, 3.05) is 10.6 Å². The zero-order valence-corrected chi connectivity index (χ0v) is 14.9. The molecule has 1 fully saturated rings. The van der Waals surface area contributed by atoms with Crippen LogP contribution in [0.5, 0.6) is 0 Å². The van der Waals surface area contributed by atoms with E-state index >= 15 is 0 Å². The average Bonchev–Trinajstić information content (AvgIpc) is 2.91. The third-order valence-electron chi connectivity index (χ3n) is 4.87. The van der Waals surface area contributed by atoms with E-state index in [1.807, 2.05) is 36.4 Å². The SMILES string of the molecule is CCc1ccccc1NC(=O)c1cc(NC2CCCCCC2)ccn1. The van der Waals surface area contributed by atoms with Crippen LogP contribution in [0.1, 0.15) is 61.5 Å². The molecule has 0 saturated heterocycles. The lowest BCUT2D eigenvalue weighted by Crippen LogP contribution is -2.19. The zero-order valence-electron chi connectivity index (χ0n) is 14.9. The molecule has 3 rings (SSSR count). The second kappa shape index (κ2) is 8.65. The number of aryl methyl sites for hydroxylation is 1. The normalized spacial score (nSPS) is 15.4. The molecule has 2 N–H and O–H groups in total. The first-order valence-electron chi connectivity index (χ1n) is 9.38. The van der Waals surface area contributed by atoms with Gasteiger partial charge in [0.2, 0.25) is 0 Å². The van der Waals surface area contributed by atoms with Crippen LogP contribution in [-0.4, -0.2) is 16.9 Å². The number of carbonyl (C=O) groups is 1. The summed E-state index contributed by atoms with van der Waals surface area (Å²) in [5, 5.41) is 6.57. The molecule has 1 aliphatic carbocycles. The van der Waals surface area contributed by atoms with Crippen LogP contribution in [0.4, 0.5) is 11.4 Å². The highest BCUT2D eigenvalue weighted by atomic mass is 16.1. The van der Waals surface area contributed by atoms with Gasteiger partial charge in [0.1, 0.15) is 5.69 Å². The van der Waals surface area contributed by atoms with Crippen molar-refractivity contribution in [3.63, 3.8) is 0 Å². The summed E-state index contributed by atoms with van der Waals surface area (Å²) in [6.45, 7) is 2.08. The molecule has 1 amide bonds. The van der Waals surface area contributed by atoms with Crippen molar-refractivity contribution in [2.45, 2.75) is 57.9 Å². The Hall–Kier alpha value is -2.36. The Balaban J connectivity index is 1.68. The van der Waals surface area contributed by atoms with Gasteiger partial charge in [-0.2, -0.15) is 0 Å². The fourth-order valence-corrected chi connectivity index (χ4v) is 3.44. The minimum absolute atomic E-state index is 0.162. The predicted molar refractivity (Wildman–Crippen MR) is 103 cm³/mol. The molecular weight excluding hydrogens is 310 g/mol. The van der Waals surface area contributed by atoms with Gasteiger partial charge in [0, 0.05) is 23.6 Å². The molecule has 4 heteroatoms. The average molecular weight is 337 g/mol. The third-order valence-corrected chi connectivity index (χ3v) is 4.87. The molecule has 132 valence electrons. The maximum atomic E-state index is 12.6. The highest BCUT2D eigenvalue weighted by molar-refractivity contribution is 6.03. The van der Waals surface area contributed by atoms with Gasteiger partial charge in [0.25, 0.3) is 5.91 Å². The smallest absolute Gasteiger partial charge is 0.274 e. The number of anilines is 2. The fourth-order valence-electron chi connectivity index (χ4n) is 3.44. The molecule has 1 heterocycles. The maximum absolute atomic E-state index is 12.6. The number of hydrogen-bond donors (Lipinski definition) is 2. The van der Waals surface area contributed by atoms with E-state index in [1.165, 1.54) is 38.5 Å². The molecule has 1 saturated carbocycles. The molecule has 0 aliphatic heterocycles. The molecule has 0 unspecified atom stereocenters. The largest absolute Gasteiger partial charge is 0.382 e. The van der Waals surface area contributed by atoms with Crippen molar-refractivity contribution < 1.29 is 4.79 Å². The summed E-state index contributed by atoms with van der Waals surface area (Å²) in [7, 11) is 0. The van der Waals surface area contributed by atoms with Crippen molar-refractivity contribution in [3.05, 3.63) is 53.9 Å². The molecule has 2 aromatic rings. The van der Waals surface area contributed by atoms with Gasteiger partial charge >= 0.3 is 0 Å². The van der Waals surface area contributed by atoms with Crippen LogP contribution < -0.4 is 10.6 Å². The number of rotatable bonds is 5. The number of hydrogen-bond acceptors (Lipinski definition) is 3. The molecule has 0 spiro atoms. The van der Waals surface area contributed by atoms with Gasteiger partial charge in [0.05, 0.1) is 0 Å². The summed E-state index contributed by atoms with van der Waals surface area (Å²) >= 11 is 0. The number of pyridine rings is 1. The number of para-hydroxylation sites is 1. The van der Waals surface area contributed by atoms with Crippen molar-refractivity contribution in [1.82, 2.24) is 4.98 Å². The summed E-state index contributed by atoms with van der Waals surface area (Å²) in [5.41, 5.74) is 3.42. The topological polar surface area (TPSA) is 54.0 Å². The fraction of sp³-hybridized carbons (Fsp3) is 0.429. The third kappa shape index (κ3) is 4.81. The summed E-state index contributed by atoms with van der Waals surface area (Å²) in [6, 6.07) is 12.2. The van der Waals surface area contributed by atoms with E-state index < -0.39 is 0 Å². The minimum atomic E-state index is -0.162. The van der Waals surface area contributed by atoms with Crippen LogP contribution in [0.25, 0.3) is 0 Å². The van der Waals surface area contributed by atoms with Gasteiger partial charge in [-0.05, 0) is 43.0 Å². The number of amides is 1. The van der Waals surface area contributed by atoms with E-state index in [0.717, 1.165) is 23.4 Å². The Morgan fingerprint density at radius 1 is 1.12 bits per heavy atom. The van der Waals surface area contributed by atoms with Gasteiger partial charge < -0.3 is 10.6 Å². The Labute approximate surface area is 150 Å². The molecular formula is C21H27N3O. The van der Waals surface area contributed by atoms with E-state index in [9.17, 15) is 4.79 Å². The van der Waals surface area contributed by atoms with E-state index in [2.05, 4.69) is 22.5 Å². The summed E-state index contributed by atoms with van der Waals surface area (Å²) in [4.78, 5) is 16.8. The van der Waals surface area contributed by atoms with Crippen molar-refractivity contribution in [1.29, 1.82) is 0 Å². The number of nitrogens with zero attached hydrogens (tertiary/aromatic N) is 1. The Bertz CT molecular complexity index is 706. The van der Waals surface area contributed by atoms with Crippen LogP contribution in [0.2, 0.25) is 0 Å². The maximum Gasteiger partial charge on any atom is 0.274 e. The van der Waals surface area contributed by atoms with Crippen LogP contribution in [0.15, 0.2) is 42.6 Å². The van der Waals surface area contributed by atoms with Gasteiger partial charge in [0.15, 0.2) is 0 Å². The molecule has 25 heavy (non-hydrogen) atoms. The first-order chi connectivity index (χ1) is 12.3. The standard InChI is InChI=1S/C21H27N3O/c1-2-16-9-7-8-12-19(16)24-21(25)20-15-18(13-14-22-20)23-17-10-5-3-4-6-11-17/h7-9,12-15,17H,2-6,10-11H2,1H3,(H,22,23)(H,24,25). The molecule has 1 aromatic carbocycles. The van der Waals surface area contributed by atoms with Crippen molar-refractivity contribution in [2.24, 2.45) is 0 Å². The Morgan fingerprint density at radius 3 is 2.64 bits per heavy atom. The number of benzene rings is 1. The lowest BCUT2D eigenvalue weighted by atomic mass is 10.1. The lowest BCUT2D eigenvalue weighted by molar-refractivity contribution is 0.102. The quantitative estimate of drug-likeness (QED) is 0.752. The molecule has 0 bridgehead atoms. The molecule has 0 atom stereocenters. The van der Waals surface area contributed by atoms with Gasteiger partial charge in [-0.1, -0.05) is 50.8 Å². The van der Waals surface area contributed by atoms with Gasteiger partial charge in [-0.25, -0.2) is 0 Å². The zero-order chi connectivity index (χ0) is 17.5. The minimum Gasteiger partial charge on any atom is -0.382 e. The summed E-state index contributed by atoms with van der Waals surface area (Å²) < 4.78 is 0. The molecule has 1 aliphatic rings. The van der Waals surface area contributed by atoms with E-state index in [0.29, 0.717) is 11.7 Å². The molecule has 0 radical (unpaired) electrons. The van der Waals surface area contributed by atoms with Gasteiger partial charge in [-0.3, -0.25) is 9.78 Å². The van der Waals surface area contributed by atoms with Crippen LogP contribution in [0, 0.1) is 0 Å². The van der Waals surface area contributed by atoms with E-state index in [1.54, 1.807) is 6.20 Å². The van der Waals surface area contributed by atoms with Crippen molar-refractivity contribution >= 4 is 17.3 Å². The van der Waals surface area contributed by atoms with Crippen molar-refractivity contribution in [3.8, 4) is 0 Å². The van der Waals surface area contributed by atoms with Gasteiger partial charge in [-0.15, -0.1) is 0 Å². The molecule has 1 aromatic heterocycles. The highest BCUT2D eigenvalue weighted by Gasteiger charge is 2.14. The monoisotopic (exact) mass is 337 g/mol. The first kappa shape index (κ1) is 17.5. The van der Waals surface area contributed by atoms with Crippen LogP contribution >= 0.6 is 0 Å². The Morgan fingerprint density at radius 2 is 1.88 bits per heavy atom. The lowest BCUT2D eigenvalue weighted by Gasteiger charge is -2.18. The highest BCUT2D eigenvalue weighted by Crippen LogP contribution is 2.22. The predicted octanol–water partition coefficient (Wildman–Crippen LogP) is 5.03. The number of nitrogens with one attached hydrogen (secondary N) is 2. The summed E-state index contributed by atoms with van der Waals surface area (Å²) in [6.07, 6.45) is 10.2. The second-order valence-electron chi connectivity index (χ2n) is 6.73. The number of aromatic nitrogens is 1. The second-order valence-corrected chi connectivity index (χ2v) is 6.73. The Kier molecular flexibility index (Phi) is 6.04. The van der Waals surface area contributed by atoms with Crippen LogP contribution in [-0.2, 0) is 6.42 Å². The van der Waals surface area contributed by atoms with E-state index in [-0.39, 0.29) is 5.91 Å². The summed E-state index contributed by atoms with van der Waals surface area (Å²) in [5.74, 6) is -0.162. The van der Waals surface area contributed by atoms with Crippen LogP contribution in [0.3, 0.4) is 0 Å². The first-order valence-corrected chi connectivity index (χ1v) is 9.38. The number of carbonyl (C=O) groups excluding carboxylic acids is 1. The molecule has 4 nitrogen and oxygen atoms in total. The van der Waals surface area contributed by atoms with E-state index in [4.69, 9.17) is 0 Å².